The first kappa shape index (κ1) is 15.1. The van der Waals surface area contributed by atoms with Gasteiger partial charge in [0.15, 0.2) is 11.5 Å². The van der Waals surface area contributed by atoms with Crippen molar-refractivity contribution in [2.45, 2.75) is 19.9 Å². The number of aromatic hydroxyl groups is 1. The minimum Gasteiger partial charge on any atom is -0.504 e. The summed E-state index contributed by atoms with van der Waals surface area (Å²) in [5, 5.41) is 12.8. The third kappa shape index (κ3) is 4.06. The van der Waals surface area contributed by atoms with Crippen LogP contribution in [0.25, 0.3) is 0 Å². The number of aryl methyl sites for hydroxylation is 1. The smallest absolute Gasteiger partial charge is 0.160 e. The van der Waals surface area contributed by atoms with Crippen LogP contribution in [0.2, 0.25) is 0 Å². The van der Waals surface area contributed by atoms with E-state index in [0.29, 0.717) is 24.7 Å². The second kappa shape index (κ2) is 6.90. The average molecular weight is 288 g/mol. The van der Waals surface area contributed by atoms with Crippen LogP contribution in [0.5, 0.6) is 11.5 Å². The molecule has 6 nitrogen and oxygen atoms in total. The van der Waals surface area contributed by atoms with E-state index in [-0.39, 0.29) is 5.75 Å². The van der Waals surface area contributed by atoms with Gasteiger partial charge >= 0.3 is 0 Å². The molecule has 0 aliphatic heterocycles. The Balaban J connectivity index is 2.09. The minimum absolute atomic E-state index is 0.129. The molecule has 0 fully saturated rings. The van der Waals surface area contributed by atoms with Crippen LogP contribution in [-0.2, 0) is 13.0 Å². The first-order valence-corrected chi connectivity index (χ1v) is 6.76. The van der Waals surface area contributed by atoms with Crippen molar-refractivity contribution < 1.29 is 9.84 Å². The highest BCUT2D eigenvalue weighted by atomic mass is 16.5. The summed E-state index contributed by atoms with van der Waals surface area (Å²) in [6.07, 6.45) is 0.727. The van der Waals surface area contributed by atoms with Gasteiger partial charge in [0.2, 0.25) is 0 Å². The Kier molecular flexibility index (Phi) is 4.94. The Hall–Kier alpha value is -2.34. The van der Waals surface area contributed by atoms with Gasteiger partial charge in [0, 0.05) is 24.7 Å². The topological polar surface area (TPSA) is 93.3 Å². The molecule has 0 atom stereocenters. The standard InChI is InChI=1S/C15H20N4O2/c1-10-18-12(5-6-16)8-15(19-10)17-9-11-3-4-13(20)14(7-11)21-2/h3-4,7-8,20H,5-6,9,16H2,1-2H3,(H,17,18,19). The number of nitrogens with zero attached hydrogens (tertiary/aromatic N) is 2. The van der Waals surface area contributed by atoms with Crippen LogP contribution in [0.3, 0.4) is 0 Å². The van der Waals surface area contributed by atoms with E-state index in [0.717, 1.165) is 23.5 Å². The fraction of sp³-hybridized carbons (Fsp3) is 0.333. The van der Waals surface area contributed by atoms with E-state index < -0.39 is 0 Å². The molecule has 0 amide bonds. The van der Waals surface area contributed by atoms with Crippen molar-refractivity contribution in [1.29, 1.82) is 0 Å². The summed E-state index contributed by atoms with van der Waals surface area (Å²) in [5.41, 5.74) is 7.47. The number of methoxy groups -OCH3 is 1. The molecule has 6 heteroatoms. The van der Waals surface area contributed by atoms with Gasteiger partial charge in [0.05, 0.1) is 7.11 Å². The van der Waals surface area contributed by atoms with Crippen LogP contribution in [0.15, 0.2) is 24.3 Å². The van der Waals surface area contributed by atoms with E-state index in [4.69, 9.17) is 10.5 Å². The predicted octanol–water partition coefficient (Wildman–Crippen LogP) is 1.61. The molecule has 2 aromatic rings. The van der Waals surface area contributed by atoms with Crippen molar-refractivity contribution in [2.24, 2.45) is 5.73 Å². The van der Waals surface area contributed by atoms with Crippen molar-refractivity contribution >= 4 is 5.82 Å². The Morgan fingerprint density at radius 1 is 1.29 bits per heavy atom. The lowest BCUT2D eigenvalue weighted by Gasteiger charge is -2.10. The maximum absolute atomic E-state index is 9.57. The van der Waals surface area contributed by atoms with Gasteiger partial charge in [-0.05, 0) is 31.2 Å². The third-order valence-electron chi connectivity index (χ3n) is 3.01. The van der Waals surface area contributed by atoms with E-state index in [1.165, 1.54) is 7.11 Å². The Morgan fingerprint density at radius 2 is 2.10 bits per heavy atom. The first-order valence-electron chi connectivity index (χ1n) is 6.76. The molecule has 0 saturated carbocycles. The molecule has 0 aliphatic rings. The van der Waals surface area contributed by atoms with Crippen LogP contribution in [0.4, 0.5) is 5.82 Å². The summed E-state index contributed by atoms with van der Waals surface area (Å²) in [5.74, 6) is 2.06. The summed E-state index contributed by atoms with van der Waals surface area (Å²) in [6, 6.07) is 7.13. The first-order chi connectivity index (χ1) is 10.1. The normalized spacial score (nSPS) is 10.4. The summed E-state index contributed by atoms with van der Waals surface area (Å²) in [7, 11) is 1.53. The fourth-order valence-corrected chi connectivity index (χ4v) is 2.02. The SMILES string of the molecule is COc1cc(CNc2cc(CCN)nc(C)n2)ccc1O. The largest absolute Gasteiger partial charge is 0.504 e. The van der Waals surface area contributed by atoms with Crippen LogP contribution in [0, 0.1) is 6.92 Å². The van der Waals surface area contributed by atoms with Gasteiger partial charge in [-0.1, -0.05) is 6.07 Å². The number of benzene rings is 1. The van der Waals surface area contributed by atoms with Gasteiger partial charge in [-0.25, -0.2) is 9.97 Å². The minimum atomic E-state index is 0.129. The highest BCUT2D eigenvalue weighted by molar-refractivity contribution is 5.43. The molecular weight excluding hydrogens is 268 g/mol. The molecule has 21 heavy (non-hydrogen) atoms. The van der Waals surface area contributed by atoms with Gasteiger partial charge in [-0.3, -0.25) is 0 Å². The average Bonchev–Trinajstić information content (AvgIpc) is 2.46. The number of rotatable bonds is 6. The number of aromatic nitrogens is 2. The van der Waals surface area contributed by atoms with Crippen molar-refractivity contribution in [3.05, 3.63) is 41.3 Å². The molecule has 0 radical (unpaired) electrons. The molecule has 1 aromatic carbocycles. The molecule has 1 aromatic heterocycles. The fourth-order valence-electron chi connectivity index (χ4n) is 2.02. The Labute approximate surface area is 124 Å². The van der Waals surface area contributed by atoms with Gasteiger partial charge in [0.25, 0.3) is 0 Å². The number of nitrogens with one attached hydrogen (secondary N) is 1. The van der Waals surface area contributed by atoms with E-state index in [1.54, 1.807) is 12.1 Å². The molecule has 1 heterocycles. The van der Waals surface area contributed by atoms with Crippen molar-refractivity contribution in [1.82, 2.24) is 9.97 Å². The number of ether oxygens (including phenoxy) is 1. The molecule has 0 aliphatic carbocycles. The summed E-state index contributed by atoms with van der Waals surface area (Å²) in [4.78, 5) is 8.68. The molecule has 2 rings (SSSR count). The summed E-state index contributed by atoms with van der Waals surface area (Å²) >= 11 is 0. The number of hydrogen-bond acceptors (Lipinski definition) is 6. The zero-order valence-electron chi connectivity index (χ0n) is 12.3. The molecule has 0 bridgehead atoms. The number of anilines is 1. The van der Waals surface area contributed by atoms with Crippen molar-refractivity contribution in [3.8, 4) is 11.5 Å². The molecular formula is C15H20N4O2. The lowest BCUT2D eigenvalue weighted by atomic mass is 10.2. The maximum Gasteiger partial charge on any atom is 0.160 e. The molecule has 4 N–H and O–H groups in total. The van der Waals surface area contributed by atoms with Crippen LogP contribution >= 0.6 is 0 Å². The second-order valence-electron chi connectivity index (χ2n) is 4.69. The van der Waals surface area contributed by atoms with E-state index in [2.05, 4.69) is 15.3 Å². The molecule has 112 valence electrons. The second-order valence-corrected chi connectivity index (χ2v) is 4.69. The Bertz CT molecular complexity index is 617. The van der Waals surface area contributed by atoms with E-state index >= 15 is 0 Å². The highest BCUT2D eigenvalue weighted by Gasteiger charge is 2.04. The number of phenolic OH excluding ortho intramolecular Hbond substituents is 1. The van der Waals surface area contributed by atoms with E-state index in [9.17, 15) is 5.11 Å². The van der Waals surface area contributed by atoms with Gasteiger partial charge < -0.3 is 20.9 Å². The molecule has 0 unspecified atom stereocenters. The zero-order chi connectivity index (χ0) is 15.2. The monoisotopic (exact) mass is 288 g/mol. The summed E-state index contributed by atoms with van der Waals surface area (Å²) < 4.78 is 5.09. The van der Waals surface area contributed by atoms with Gasteiger partial charge in [0.1, 0.15) is 11.6 Å². The zero-order valence-corrected chi connectivity index (χ0v) is 12.3. The molecule has 0 saturated heterocycles. The quantitative estimate of drug-likeness (QED) is 0.748. The van der Waals surface area contributed by atoms with Gasteiger partial charge in [-0.2, -0.15) is 0 Å². The number of phenols is 1. The lowest BCUT2D eigenvalue weighted by Crippen LogP contribution is -2.08. The molecule has 0 spiro atoms. The maximum atomic E-state index is 9.57. The number of hydrogen-bond donors (Lipinski definition) is 3. The van der Waals surface area contributed by atoms with Crippen LogP contribution in [0.1, 0.15) is 17.1 Å². The Morgan fingerprint density at radius 3 is 2.81 bits per heavy atom. The highest BCUT2D eigenvalue weighted by Crippen LogP contribution is 2.26. The van der Waals surface area contributed by atoms with Crippen molar-refractivity contribution in [3.63, 3.8) is 0 Å². The van der Waals surface area contributed by atoms with Crippen LogP contribution < -0.4 is 15.8 Å². The predicted molar refractivity (Wildman–Crippen MR) is 81.5 cm³/mol. The van der Waals surface area contributed by atoms with Crippen molar-refractivity contribution in [2.75, 3.05) is 19.0 Å². The third-order valence-corrected chi connectivity index (χ3v) is 3.01. The van der Waals surface area contributed by atoms with Crippen LogP contribution in [-0.4, -0.2) is 28.7 Å². The lowest BCUT2D eigenvalue weighted by molar-refractivity contribution is 0.373. The van der Waals surface area contributed by atoms with Gasteiger partial charge in [-0.15, -0.1) is 0 Å². The summed E-state index contributed by atoms with van der Waals surface area (Å²) in [6.45, 7) is 3.00. The number of nitrogens with two attached hydrogens (primary N) is 1. The van der Waals surface area contributed by atoms with E-state index in [1.807, 2.05) is 19.1 Å².